The van der Waals surface area contributed by atoms with Gasteiger partial charge in [0.15, 0.2) is 13.8 Å². The molecule has 3 heterocycles. The van der Waals surface area contributed by atoms with Crippen molar-refractivity contribution >= 4 is 70.4 Å². The first-order chi connectivity index (χ1) is 11.4. The summed E-state index contributed by atoms with van der Waals surface area (Å²) in [4.78, 5) is 23.0. The topological polar surface area (TPSA) is 132 Å². The molecule has 0 atom stereocenters. The van der Waals surface area contributed by atoms with Gasteiger partial charge < -0.3 is 10.2 Å². The molecule has 0 amide bonds. The molecule has 0 bridgehead atoms. The minimum atomic E-state index is -1.71. The summed E-state index contributed by atoms with van der Waals surface area (Å²) in [6.07, 6.45) is 0. The van der Waals surface area contributed by atoms with E-state index in [9.17, 15) is 19.8 Å². The Kier molecular flexibility index (Phi) is 4.69. The van der Waals surface area contributed by atoms with Crippen molar-refractivity contribution in [2.24, 2.45) is 0 Å². The van der Waals surface area contributed by atoms with Crippen LogP contribution in [0.1, 0.15) is 10.8 Å². The Morgan fingerprint density at radius 3 is 2.04 bits per heavy atom. The zero-order valence-corrected chi connectivity index (χ0v) is 15.4. The normalized spacial score (nSPS) is 11.0. The molecule has 13 heteroatoms. The molecule has 0 fully saturated rings. The van der Waals surface area contributed by atoms with Crippen molar-refractivity contribution in [2.75, 3.05) is 0 Å². The van der Waals surface area contributed by atoms with Crippen molar-refractivity contribution < 1.29 is 19.8 Å². The van der Waals surface area contributed by atoms with E-state index in [0.29, 0.717) is 29.1 Å². The molecule has 0 aliphatic heterocycles. The molecule has 124 valence electrons. The lowest BCUT2D eigenvalue weighted by Gasteiger charge is -2.08. The highest BCUT2D eigenvalue weighted by Crippen LogP contribution is 2.44. The Bertz CT molecular complexity index is 1030. The first-order valence-corrected chi connectivity index (χ1v) is 9.40. The second kappa shape index (κ2) is 6.60. The van der Waals surface area contributed by atoms with Gasteiger partial charge in [0.2, 0.25) is 0 Å². The molecule has 0 saturated heterocycles. The summed E-state index contributed by atoms with van der Waals surface area (Å²) in [6.45, 7) is 0. The number of aliphatic carboxylic acids is 2. The number of carbonyl (C=O) groups is 2. The smallest absolute Gasteiger partial charge is 0.323 e. The van der Waals surface area contributed by atoms with Crippen LogP contribution < -0.4 is 0 Å². The van der Waals surface area contributed by atoms with E-state index in [4.69, 9.17) is 24.4 Å². The quantitative estimate of drug-likeness (QED) is 0.366. The van der Waals surface area contributed by atoms with Gasteiger partial charge in [0.1, 0.15) is 10.0 Å². The van der Waals surface area contributed by atoms with Crippen molar-refractivity contribution in [2.45, 2.75) is 5.92 Å². The van der Waals surface area contributed by atoms with Crippen LogP contribution in [0.4, 0.5) is 0 Å². The Balaban J connectivity index is 2.29. The predicted molar refractivity (Wildman–Crippen MR) is 94.9 cm³/mol. The number of nitrogens with one attached hydrogen (secondary N) is 2. The second-order valence-electron chi connectivity index (χ2n) is 4.33. The summed E-state index contributed by atoms with van der Waals surface area (Å²) in [5.41, 5.74) is 0.961. The molecule has 0 aliphatic rings. The van der Waals surface area contributed by atoms with Gasteiger partial charge in [-0.3, -0.25) is 19.8 Å². The van der Waals surface area contributed by atoms with Gasteiger partial charge >= 0.3 is 11.9 Å². The summed E-state index contributed by atoms with van der Waals surface area (Å²) in [7, 11) is 0. The minimum absolute atomic E-state index is 0.156. The lowest BCUT2D eigenvalue weighted by molar-refractivity contribution is -0.149. The van der Waals surface area contributed by atoms with Crippen molar-refractivity contribution in [1.29, 1.82) is 0 Å². The third kappa shape index (κ3) is 3.08. The Morgan fingerprint density at radius 2 is 1.58 bits per heavy atom. The number of H-pyrrole nitrogens is 2. The van der Waals surface area contributed by atoms with Crippen LogP contribution in [0, 0.1) is 7.91 Å². The number of aromatic nitrogens is 4. The first kappa shape index (κ1) is 17.0. The third-order valence-corrected chi connectivity index (χ3v) is 6.17. The first-order valence-electron chi connectivity index (χ1n) is 6.07. The Labute approximate surface area is 155 Å². The summed E-state index contributed by atoms with van der Waals surface area (Å²) in [5.74, 6) is -4.61. The van der Waals surface area contributed by atoms with Gasteiger partial charge in [-0.1, -0.05) is 22.7 Å². The summed E-state index contributed by atoms with van der Waals surface area (Å²) in [5, 5.41) is 34.6. The molecule has 8 nitrogen and oxygen atoms in total. The van der Waals surface area contributed by atoms with Gasteiger partial charge in [-0.25, -0.2) is 0 Å². The number of rotatable bonds is 5. The molecule has 0 aliphatic carbocycles. The number of carboxylic acid groups (broad SMARTS) is 2. The van der Waals surface area contributed by atoms with Crippen molar-refractivity contribution in [3.63, 3.8) is 0 Å². The number of aromatic amines is 2. The lowest BCUT2D eigenvalue weighted by Crippen LogP contribution is -2.20. The molecule has 0 unspecified atom stereocenters. The van der Waals surface area contributed by atoms with Crippen LogP contribution in [0.2, 0.25) is 0 Å². The molecule has 0 saturated carbocycles. The fourth-order valence-electron chi connectivity index (χ4n) is 1.98. The molecule has 3 aromatic heterocycles. The van der Waals surface area contributed by atoms with Crippen LogP contribution in [0.25, 0.3) is 21.1 Å². The molecule has 0 radical (unpaired) electrons. The molecular weight excluding hydrogens is 412 g/mol. The number of hydrogen-bond donors (Lipinski definition) is 4. The second-order valence-corrected chi connectivity index (χ2v) is 8.58. The van der Waals surface area contributed by atoms with E-state index in [1.54, 1.807) is 5.38 Å². The van der Waals surface area contributed by atoms with E-state index in [1.165, 1.54) is 11.3 Å². The fraction of sp³-hybridized carbons (Fsp3) is 0.0909. The van der Waals surface area contributed by atoms with Crippen molar-refractivity contribution in [3.8, 4) is 21.1 Å². The summed E-state index contributed by atoms with van der Waals surface area (Å²) < 4.78 is 0.844. The van der Waals surface area contributed by atoms with Gasteiger partial charge in [0.05, 0.1) is 0 Å². The minimum Gasteiger partial charge on any atom is -0.480 e. The zero-order valence-electron chi connectivity index (χ0n) is 11.3. The highest BCUT2D eigenvalue weighted by Gasteiger charge is 2.34. The van der Waals surface area contributed by atoms with E-state index >= 15 is 0 Å². The van der Waals surface area contributed by atoms with Crippen molar-refractivity contribution in [1.82, 2.24) is 20.4 Å². The molecule has 24 heavy (non-hydrogen) atoms. The van der Waals surface area contributed by atoms with Crippen LogP contribution in [-0.4, -0.2) is 42.5 Å². The van der Waals surface area contributed by atoms with Gasteiger partial charge in [0, 0.05) is 21.4 Å². The van der Waals surface area contributed by atoms with E-state index in [1.807, 2.05) is 0 Å². The highest BCUT2D eigenvalue weighted by atomic mass is 32.2. The number of thiophene rings is 1. The van der Waals surface area contributed by atoms with E-state index in [2.05, 4.69) is 20.4 Å². The largest absolute Gasteiger partial charge is 0.480 e. The van der Waals surface area contributed by atoms with Gasteiger partial charge in [-0.05, 0) is 24.4 Å². The SMILES string of the molecule is O=C(O)C(C(=O)O)c1scc(-c2n[nH]c(=S)s2)c1-c1n[nH]c(=S)s1. The monoisotopic (exact) mass is 418 g/mol. The Morgan fingerprint density at radius 1 is 1.04 bits per heavy atom. The highest BCUT2D eigenvalue weighted by molar-refractivity contribution is 7.73. The van der Waals surface area contributed by atoms with E-state index < -0.39 is 17.9 Å². The van der Waals surface area contributed by atoms with Crippen LogP contribution in [0.3, 0.4) is 0 Å². The average molecular weight is 419 g/mol. The van der Waals surface area contributed by atoms with E-state index in [0.717, 1.165) is 22.7 Å². The van der Waals surface area contributed by atoms with Gasteiger partial charge in [0.25, 0.3) is 0 Å². The maximum Gasteiger partial charge on any atom is 0.323 e. The Hall–Kier alpha value is -1.80. The van der Waals surface area contributed by atoms with Crippen LogP contribution in [0.5, 0.6) is 0 Å². The lowest BCUT2D eigenvalue weighted by atomic mass is 10.0. The molecule has 0 spiro atoms. The predicted octanol–water partition coefficient (Wildman–Crippen LogP) is 3.36. The van der Waals surface area contributed by atoms with Crippen LogP contribution in [-0.2, 0) is 9.59 Å². The maximum absolute atomic E-state index is 11.4. The number of nitrogens with zero attached hydrogens (tertiary/aromatic N) is 2. The zero-order chi connectivity index (χ0) is 17.4. The van der Waals surface area contributed by atoms with Crippen LogP contribution in [0.15, 0.2) is 5.38 Å². The molecule has 0 aromatic carbocycles. The standard InChI is InChI=1S/C11H6N4O4S5/c16-8(17)4(9(18)19)5-3(7-13-15-11(21)24-7)2(1-22-5)6-12-14-10(20)23-6/h1,4H,(H,14,20)(H,15,21)(H,16,17)(H,18,19). The van der Waals surface area contributed by atoms with Gasteiger partial charge in [-0.15, -0.1) is 11.3 Å². The van der Waals surface area contributed by atoms with Crippen molar-refractivity contribution in [3.05, 3.63) is 18.2 Å². The summed E-state index contributed by atoms with van der Waals surface area (Å²) >= 11 is 13.4. The third-order valence-electron chi connectivity index (χ3n) is 2.90. The molecule has 4 N–H and O–H groups in total. The molecule has 3 rings (SSSR count). The van der Waals surface area contributed by atoms with Gasteiger partial charge in [-0.2, -0.15) is 10.2 Å². The van der Waals surface area contributed by atoms with Crippen LogP contribution >= 0.6 is 58.4 Å². The van der Waals surface area contributed by atoms with E-state index in [-0.39, 0.29) is 4.88 Å². The fourth-order valence-corrected chi connectivity index (χ4v) is 5.12. The molecular formula is C11H6N4O4S5. The maximum atomic E-state index is 11.4. The molecule has 3 aromatic rings. The average Bonchev–Trinajstić information content (AvgIpc) is 3.18. The number of hydrogen-bond acceptors (Lipinski definition) is 9. The number of carboxylic acids is 2. The summed E-state index contributed by atoms with van der Waals surface area (Å²) in [6, 6.07) is 0.